The van der Waals surface area contributed by atoms with Crippen molar-refractivity contribution in [2.75, 3.05) is 19.9 Å². The molecule has 14 heteroatoms. The van der Waals surface area contributed by atoms with Gasteiger partial charge in [0.25, 0.3) is 0 Å². The minimum atomic E-state index is -4.52. The summed E-state index contributed by atoms with van der Waals surface area (Å²) in [7, 11) is 0. The van der Waals surface area contributed by atoms with Crippen LogP contribution in [0.4, 0.5) is 35.1 Å². The lowest BCUT2D eigenvalue weighted by molar-refractivity contribution is -0.189. The normalized spacial score (nSPS) is 12.3. The third kappa shape index (κ3) is 14.5. The molecule has 0 aliphatic rings. The Morgan fingerprint density at radius 2 is 1.35 bits per heavy atom. The van der Waals surface area contributed by atoms with Crippen molar-refractivity contribution in [2.24, 2.45) is 0 Å². The second kappa shape index (κ2) is 21.1. The highest BCUT2D eigenvalue weighted by Crippen LogP contribution is 2.39. The van der Waals surface area contributed by atoms with Gasteiger partial charge in [-0.15, -0.1) is 0 Å². The summed E-state index contributed by atoms with van der Waals surface area (Å²) in [6.45, 7) is 13.4. The van der Waals surface area contributed by atoms with Gasteiger partial charge in [-0.1, -0.05) is 25.8 Å². The van der Waals surface area contributed by atoms with Crippen LogP contribution in [0.3, 0.4) is 0 Å². The summed E-state index contributed by atoms with van der Waals surface area (Å²) in [6.07, 6.45) is -4.12. The highest BCUT2D eigenvalue weighted by Gasteiger charge is 2.42. The highest BCUT2D eigenvalue weighted by molar-refractivity contribution is 5.87. The van der Waals surface area contributed by atoms with E-state index in [9.17, 15) is 35.9 Å². The number of rotatable bonds is 23. The van der Waals surface area contributed by atoms with E-state index in [0.717, 1.165) is 36.4 Å². The number of hydrogen-bond donors (Lipinski definition) is 0. The monoisotopic (exact) mass is 772 g/mol. The number of ether oxygens (including phenoxy) is 4. The van der Waals surface area contributed by atoms with Crippen LogP contribution in [-0.4, -0.2) is 37.9 Å². The van der Waals surface area contributed by atoms with E-state index >= 15 is 8.78 Å². The molecular formula is C40H44F8O6. The molecule has 2 aromatic rings. The van der Waals surface area contributed by atoms with Crippen molar-refractivity contribution < 1.29 is 63.7 Å². The Hall–Kier alpha value is -4.88. The van der Waals surface area contributed by atoms with Gasteiger partial charge in [-0.2, -0.15) is 17.6 Å². The number of carbonyl (C=O) groups excluding carboxylic acids is 2. The summed E-state index contributed by atoms with van der Waals surface area (Å²) in [6, 6.07) is 3.98. The van der Waals surface area contributed by atoms with Crippen LogP contribution in [0.15, 0.2) is 90.3 Å². The number of esters is 2. The molecule has 0 spiro atoms. The Balaban J connectivity index is 2.03. The van der Waals surface area contributed by atoms with Crippen molar-refractivity contribution >= 4 is 11.9 Å². The molecule has 2 aromatic carbocycles. The van der Waals surface area contributed by atoms with Gasteiger partial charge in [-0.25, -0.2) is 27.2 Å². The number of aryl methyl sites for hydroxylation is 2. The van der Waals surface area contributed by atoms with Crippen LogP contribution in [-0.2, 0) is 31.6 Å². The molecule has 2 rings (SSSR count). The molecule has 0 amide bonds. The smallest absolute Gasteiger partial charge is 0.432 e. The third-order valence-electron chi connectivity index (χ3n) is 7.70. The molecule has 0 bridgehead atoms. The molecule has 0 radical (unpaired) electrons. The van der Waals surface area contributed by atoms with Crippen LogP contribution in [0.25, 0.3) is 0 Å². The lowest BCUT2D eigenvalue weighted by Gasteiger charge is -2.22. The van der Waals surface area contributed by atoms with Gasteiger partial charge in [0, 0.05) is 11.1 Å². The molecular weight excluding hydrogens is 728 g/mol. The summed E-state index contributed by atoms with van der Waals surface area (Å²) < 4.78 is 137. The molecule has 0 N–H and O–H groups in total. The van der Waals surface area contributed by atoms with Crippen LogP contribution in [0.5, 0.6) is 11.5 Å². The van der Waals surface area contributed by atoms with E-state index in [1.54, 1.807) is 0 Å². The molecule has 0 unspecified atom stereocenters. The number of hydrogen-bond acceptors (Lipinski definition) is 6. The predicted octanol–water partition coefficient (Wildman–Crippen LogP) is 11.2. The molecule has 0 saturated heterocycles. The van der Waals surface area contributed by atoms with E-state index in [2.05, 4.69) is 29.2 Å². The highest BCUT2D eigenvalue weighted by atomic mass is 19.3. The van der Waals surface area contributed by atoms with Crippen LogP contribution in [0.1, 0.15) is 75.5 Å². The molecule has 0 aliphatic carbocycles. The second-order valence-electron chi connectivity index (χ2n) is 12.5. The van der Waals surface area contributed by atoms with Gasteiger partial charge >= 0.3 is 24.2 Å². The second-order valence-corrected chi connectivity index (χ2v) is 12.5. The first-order valence-corrected chi connectivity index (χ1v) is 17.0. The maximum absolute atomic E-state index is 15.0. The number of alkyl halides is 5. The van der Waals surface area contributed by atoms with E-state index in [0.29, 0.717) is 44.6 Å². The quantitative estimate of drug-likeness (QED) is 0.0368. The Kier molecular flexibility index (Phi) is 17.7. The Morgan fingerprint density at radius 3 is 1.87 bits per heavy atom. The zero-order chi connectivity index (χ0) is 40.6. The van der Waals surface area contributed by atoms with Gasteiger partial charge in [0.2, 0.25) is 0 Å². The molecule has 0 saturated carbocycles. The lowest BCUT2D eigenvalue weighted by atomic mass is 10.0. The van der Waals surface area contributed by atoms with E-state index < -0.39 is 70.9 Å². The first-order chi connectivity index (χ1) is 25.3. The fraction of sp³-hybridized carbons (Fsp3) is 0.400. The van der Waals surface area contributed by atoms with Crippen LogP contribution in [0, 0.1) is 18.6 Å². The van der Waals surface area contributed by atoms with Crippen molar-refractivity contribution in [3.8, 4) is 11.5 Å². The van der Waals surface area contributed by atoms with Gasteiger partial charge in [-0.05, 0) is 125 Å². The number of unbranched alkanes of at least 4 members (excludes halogenated alkanes) is 4. The SMILES string of the molecule is C=C(C)C(=O)OCCCCCC(=C/CF)/C=C(/F)C(=C)C(F)(F)Oc1ccc(OC(F)(F)c2c(F)cc(CCCCCOC(=O)C(=C)C)cc2F)cc1C. The summed E-state index contributed by atoms with van der Waals surface area (Å²) in [4.78, 5) is 22.8. The largest absolute Gasteiger partial charge is 0.462 e. The van der Waals surface area contributed by atoms with Gasteiger partial charge < -0.3 is 18.9 Å². The van der Waals surface area contributed by atoms with Crippen molar-refractivity contribution in [3.05, 3.63) is 119 Å². The van der Waals surface area contributed by atoms with E-state index in [-0.39, 0.29) is 53.9 Å². The van der Waals surface area contributed by atoms with E-state index in [1.807, 2.05) is 0 Å². The number of carbonyl (C=O) groups is 2. The predicted molar refractivity (Wildman–Crippen MR) is 188 cm³/mol. The third-order valence-corrected chi connectivity index (χ3v) is 7.70. The summed E-state index contributed by atoms with van der Waals surface area (Å²) in [5.41, 5.74) is -2.58. The first kappa shape index (κ1) is 45.3. The minimum Gasteiger partial charge on any atom is -0.462 e. The Morgan fingerprint density at radius 1 is 0.796 bits per heavy atom. The molecule has 54 heavy (non-hydrogen) atoms. The molecule has 0 fully saturated rings. The maximum atomic E-state index is 15.0. The standard InChI is InChI=1S/C40H44F8O6/c1-25(2)37(49)51-19-11-7-9-13-29(17-18-41)22-32(42)28(6)39(45,46)54-35-16-15-31(21-27(35)5)53-40(47,48)36-33(43)23-30(24-34(36)44)14-10-8-12-20-52-38(50)26(3)4/h15-17,21-24H,1,3,6-14,18-20H2,2,4-5H3/b29-17-,32-22+. The summed E-state index contributed by atoms with van der Waals surface area (Å²) in [5.74, 6) is -6.94. The molecule has 0 aliphatic heterocycles. The van der Waals surface area contributed by atoms with Crippen molar-refractivity contribution in [1.29, 1.82) is 0 Å². The van der Waals surface area contributed by atoms with E-state index in [1.165, 1.54) is 20.8 Å². The number of halogens is 8. The number of allylic oxidation sites excluding steroid dienone is 3. The lowest BCUT2D eigenvalue weighted by Crippen LogP contribution is -2.28. The average Bonchev–Trinajstić information content (AvgIpc) is 3.07. The van der Waals surface area contributed by atoms with Gasteiger partial charge in [0.15, 0.2) is 0 Å². The molecule has 296 valence electrons. The minimum absolute atomic E-state index is 0.0720. The van der Waals surface area contributed by atoms with Crippen molar-refractivity contribution in [2.45, 2.75) is 84.4 Å². The van der Waals surface area contributed by atoms with Crippen LogP contribution >= 0.6 is 0 Å². The zero-order valence-electron chi connectivity index (χ0n) is 30.4. The van der Waals surface area contributed by atoms with Crippen molar-refractivity contribution in [1.82, 2.24) is 0 Å². The Bertz CT molecular complexity index is 1710. The maximum Gasteiger partial charge on any atom is 0.432 e. The zero-order valence-corrected chi connectivity index (χ0v) is 30.4. The summed E-state index contributed by atoms with van der Waals surface area (Å²) >= 11 is 0. The van der Waals surface area contributed by atoms with Crippen molar-refractivity contribution in [3.63, 3.8) is 0 Å². The van der Waals surface area contributed by atoms with E-state index in [4.69, 9.17) is 9.47 Å². The topological polar surface area (TPSA) is 71.1 Å². The number of benzene rings is 2. The average molecular weight is 773 g/mol. The fourth-order valence-electron chi connectivity index (χ4n) is 4.76. The van der Waals surface area contributed by atoms with Gasteiger partial charge in [0.05, 0.1) is 18.8 Å². The van der Waals surface area contributed by atoms with Gasteiger partial charge in [-0.3, -0.25) is 0 Å². The van der Waals surface area contributed by atoms with Crippen LogP contribution < -0.4 is 9.47 Å². The fourth-order valence-corrected chi connectivity index (χ4v) is 4.76. The van der Waals surface area contributed by atoms with Crippen LogP contribution in [0.2, 0.25) is 0 Å². The molecule has 6 nitrogen and oxygen atoms in total. The molecule has 0 aromatic heterocycles. The summed E-state index contributed by atoms with van der Waals surface area (Å²) in [5, 5.41) is 0. The van der Waals surface area contributed by atoms with Gasteiger partial charge in [0.1, 0.15) is 41.2 Å². The first-order valence-electron chi connectivity index (χ1n) is 17.0. The molecule has 0 atom stereocenters. The molecule has 0 heterocycles. The Labute approximate surface area is 309 Å².